The van der Waals surface area contributed by atoms with Gasteiger partial charge in [-0.2, -0.15) is 5.10 Å². The Morgan fingerprint density at radius 3 is 2.79 bits per heavy atom. The Balaban J connectivity index is 1.54. The summed E-state index contributed by atoms with van der Waals surface area (Å²) < 4.78 is 7.30. The Morgan fingerprint density at radius 2 is 2.07 bits per heavy atom. The molecule has 1 aliphatic rings. The Hall–Kier alpha value is -2.84. The van der Waals surface area contributed by atoms with E-state index in [9.17, 15) is 0 Å². The third kappa shape index (κ3) is 4.18. The molecule has 1 fully saturated rings. The van der Waals surface area contributed by atoms with Crippen LogP contribution in [-0.4, -0.2) is 62.5 Å². The molecule has 1 N–H and O–H groups in total. The largest absolute Gasteiger partial charge is 0.379 e. The molecule has 3 aromatic heterocycles. The lowest BCUT2D eigenvalue weighted by atomic mass is 10.1. The number of rotatable bonds is 6. The number of nitrogens with zero attached hydrogens (tertiary/aromatic N) is 6. The molecule has 0 bridgehead atoms. The average molecular weight is 379 g/mol. The highest BCUT2D eigenvalue weighted by Gasteiger charge is 2.23. The standard InChI is InChI=1S/C20H25N7O/c1-15-10-22-20(25-19(15)17-12-24-26(2)14-17)23-13-18(16-4-3-5-21-11-16)27-6-8-28-9-7-27/h3-5,10-12,14,18H,6-9,13H2,1-2H3,(H,22,23,25)/t18-/m1/s1. The lowest BCUT2D eigenvalue weighted by Gasteiger charge is -2.34. The number of nitrogens with one attached hydrogen (secondary N) is 1. The van der Waals surface area contributed by atoms with E-state index in [-0.39, 0.29) is 6.04 Å². The van der Waals surface area contributed by atoms with Gasteiger partial charge < -0.3 is 10.1 Å². The number of aryl methyl sites for hydroxylation is 2. The molecule has 0 aromatic carbocycles. The monoisotopic (exact) mass is 379 g/mol. The summed E-state index contributed by atoms with van der Waals surface area (Å²) >= 11 is 0. The summed E-state index contributed by atoms with van der Waals surface area (Å²) in [5.74, 6) is 0.617. The van der Waals surface area contributed by atoms with Gasteiger partial charge in [-0.25, -0.2) is 9.97 Å². The van der Waals surface area contributed by atoms with E-state index in [1.54, 1.807) is 10.9 Å². The van der Waals surface area contributed by atoms with Gasteiger partial charge in [0.2, 0.25) is 5.95 Å². The molecular formula is C20H25N7O. The summed E-state index contributed by atoms with van der Waals surface area (Å²) in [7, 11) is 1.90. The zero-order chi connectivity index (χ0) is 19.3. The summed E-state index contributed by atoms with van der Waals surface area (Å²) in [5, 5.41) is 7.67. The predicted molar refractivity (Wildman–Crippen MR) is 107 cm³/mol. The van der Waals surface area contributed by atoms with Gasteiger partial charge in [0, 0.05) is 57.0 Å². The number of anilines is 1. The van der Waals surface area contributed by atoms with Crippen molar-refractivity contribution in [2.75, 3.05) is 38.2 Å². The molecule has 0 unspecified atom stereocenters. The lowest BCUT2D eigenvalue weighted by molar-refractivity contribution is 0.0186. The molecule has 4 heterocycles. The summed E-state index contributed by atoms with van der Waals surface area (Å²) in [5.41, 5.74) is 4.09. The highest BCUT2D eigenvalue weighted by atomic mass is 16.5. The first-order valence-corrected chi connectivity index (χ1v) is 9.49. The fraction of sp³-hybridized carbons (Fsp3) is 0.400. The second-order valence-corrected chi connectivity index (χ2v) is 6.96. The van der Waals surface area contributed by atoms with Crippen LogP contribution in [0.15, 0.2) is 43.1 Å². The fourth-order valence-electron chi connectivity index (χ4n) is 3.47. The SMILES string of the molecule is Cc1cnc(NC[C@H](c2cccnc2)N2CCOCC2)nc1-c1cnn(C)c1. The van der Waals surface area contributed by atoms with Crippen LogP contribution in [0.2, 0.25) is 0 Å². The maximum Gasteiger partial charge on any atom is 0.223 e. The zero-order valence-corrected chi connectivity index (χ0v) is 16.2. The first-order chi connectivity index (χ1) is 13.7. The highest BCUT2D eigenvalue weighted by molar-refractivity contribution is 5.62. The third-order valence-corrected chi connectivity index (χ3v) is 4.96. The number of ether oxygens (including phenoxy) is 1. The van der Waals surface area contributed by atoms with Gasteiger partial charge in [0.25, 0.3) is 0 Å². The van der Waals surface area contributed by atoms with E-state index < -0.39 is 0 Å². The lowest BCUT2D eigenvalue weighted by Crippen LogP contribution is -2.41. The van der Waals surface area contributed by atoms with Crippen molar-refractivity contribution in [3.05, 3.63) is 54.2 Å². The molecule has 0 aliphatic carbocycles. The van der Waals surface area contributed by atoms with Crippen LogP contribution in [0.5, 0.6) is 0 Å². The van der Waals surface area contributed by atoms with Gasteiger partial charge >= 0.3 is 0 Å². The Kier molecular flexibility index (Phi) is 5.59. The molecule has 146 valence electrons. The Labute approximate surface area is 164 Å². The summed E-state index contributed by atoms with van der Waals surface area (Å²) in [4.78, 5) is 15.9. The van der Waals surface area contributed by atoms with Gasteiger partial charge in [0.15, 0.2) is 0 Å². The van der Waals surface area contributed by atoms with E-state index >= 15 is 0 Å². The number of morpholine rings is 1. The minimum Gasteiger partial charge on any atom is -0.379 e. The Morgan fingerprint density at radius 1 is 1.21 bits per heavy atom. The van der Waals surface area contributed by atoms with Crippen LogP contribution >= 0.6 is 0 Å². The summed E-state index contributed by atoms with van der Waals surface area (Å²) in [6, 6.07) is 4.28. The number of pyridine rings is 1. The third-order valence-electron chi connectivity index (χ3n) is 4.96. The maximum absolute atomic E-state index is 5.52. The molecule has 0 saturated carbocycles. The first-order valence-electron chi connectivity index (χ1n) is 9.49. The van der Waals surface area contributed by atoms with Crippen molar-refractivity contribution in [1.29, 1.82) is 0 Å². The summed E-state index contributed by atoms with van der Waals surface area (Å²) in [6.07, 6.45) is 9.37. The molecule has 3 aromatic rings. The van der Waals surface area contributed by atoms with Crippen LogP contribution in [0, 0.1) is 6.92 Å². The Bertz CT molecular complexity index is 906. The van der Waals surface area contributed by atoms with E-state index in [2.05, 4.69) is 31.3 Å². The maximum atomic E-state index is 5.52. The molecule has 0 amide bonds. The van der Waals surface area contributed by atoms with Crippen molar-refractivity contribution in [3.63, 3.8) is 0 Å². The zero-order valence-electron chi connectivity index (χ0n) is 16.2. The van der Waals surface area contributed by atoms with Crippen molar-refractivity contribution in [1.82, 2.24) is 29.6 Å². The number of hydrogen-bond acceptors (Lipinski definition) is 7. The minimum atomic E-state index is 0.185. The molecule has 0 radical (unpaired) electrons. The van der Waals surface area contributed by atoms with E-state index in [0.29, 0.717) is 12.5 Å². The number of aromatic nitrogens is 5. The van der Waals surface area contributed by atoms with Gasteiger partial charge in [-0.15, -0.1) is 0 Å². The molecule has 1 aliphatic heterocycles. The van der Waals surface area contributed by atoms with Gasteiger partial charge in [0.05, 0.1) is 31.1 Å². The van der Waals surface area contributed by atoms with Crippen LogP contribution in [-0.2, 0) is 11.8 Å². The first kappa shape index (κ1) is 18.5. The second-order valence-electron chi connectivity index (χ2n) is 6.96. The average Bonchev–Trinajstić information content (AvgIpc) is 3.17. The van der Waals surface area contributed by atoms with Crippen LogP contribution in [0.25, 0.3) is 11.3 Å². The predicted octanol–water partition coefficient (Wildman–Crippen LogP) is 2.07. The molecule has 28 heavy (non-hydrogen) atoms. The number of hydrogen-bond donors (Lipinski definition) is 1. The van der Waals surface area contributed by atoms with Crippen molar-refractivity contribution < 1.29 is 4.74 Å². The minimum absolute atomic E-state index is 0.185. The van der Waals surface area contributed by atoms with E-state index in [1.807, 2.05) is 44.8 Å². The van der Waals surface area contributed by atoms with E-state index in [0.717, 1.165) is 43.1 Å². The van der Waals surface area contributed by atoms with Gasteiger partial charge in [-0.3, -0.25) is 14.6 Å². The van der Waals surface area contributed by atoms with Gasteiger partial charge in [-0.05, 0) is 24.1 Å². The van der Waals surface area contributed by atoms with Gasteiger partial charge in [0.1, 0.15) is 0 Å². The normalized spacial score (nSPS) is 16.1. The van der Waals surface area contributed by atoms with Crippen LogP contribution in [0.3, 0.4) is 0 Å². The quantitative estimate of drug-likeness (QED) is 0.702. The van der Waals surface area contributed by atoms with Gasteiger partial charge in [-0.1, -0.05) is 6.07 Å². The van der Waals surface area contributed by atoms with Crippen molar-refractivity contribution >= 4 is 5.95 Å². The fourth-order valence-corrected chi connectivity index (χ4v) is 3.47. The van der Waals surface area contributed by atoms with E-state index in [4.69, 9.17) is 9.72 Å². The molecule has 8 heteroatoms. The topological polar surface area (TPSA) is 81.0 Å². The smallest absolute Gasteiger partial charge is 0.223 e. The highest BCUT2D eigenvalue weighted by Crippen LogP contribution is 2.23. The van der Waals surface area contributed by atoms with Crippen LogP contribution in [0.4, 0.5) is 5.95 Å². The van der Waals surface area contributed by atoms with Crippen LogP contribution in [0.1, 0.15) is 17.2 Å². The molecule has 0 spiro atoms. The molecule has 1 atom stereocenters. The van der Waals surface area contributed by atoms with Crippen molar-refractivity contribution in [3.8, 4) is 11.3 Å². The second kappa shape index (κ2) is 8.45. The molecule has 8 nitrogen and oxygen atoms in total. The van der Waals surface area contributed by atoms with Crippen molar-refractivity contribution in [2.45, 2.75) is 13.0 Å². The van der Waals surface area contributed by atoms with E-state index in [1.165, 1.54) is 5.56 Å². The van der Waals surface area contributed by atoms with Crippen molar-refractivity contribution in [2.24, 2.45) is 7.05 Å². The summed E-state index contributed by atoms with van der Waals surface area (Å²) in [6.45, 7) is 6.01. The van der Waals surface area contributed by atoms with Crippen LogP contribution < -0.4 is 5.32 Å². The molecule has 4 rings (SSSR count). The molecular weight excluding hydrogens is 354 g/mol. The molecule has 1 saturated heterocycles.